The van der Waals surface area contributed by atoms with E-state index in [1.807, 2.05) is 30.3 Å². The molecule has 0 atom stereocenters. The van der Waals surface area contributed by atoms with Gasteiger partial charge in [-0.3, -0.25) is 4.79 Å². The highest BCUT2D eigenvalue weighted by Crippen LogP contribution is 2.25. The minimum Gasteiger partial charge on any atom is -0.366 e. The number of amides is 1. The average molecular weight is 373 g/mol. The quantitative estimate of drug-likeness (QED) is 0.683. The van der Waals surface area contributed by atoms with Crippen molar-refractivity contribution in [2.45, 2.75) is 6.54 Å². The lowest BCUT2D eigenvalue weighted by Gasteiger charge is -2.09. The third-order valence-electron chi connectivity index (χ3n) is 3.40. The predicted molar refractivity (Wildman–Crippen MR) is 100 cm³/mol. The molecule has 0 aliphatic carbocycles. The van der Waals surface area contributed by atoms with Gasteiger partial charge in [-0.05, 0) is 23.8 Å². The summed E-state index contributed by atoms with van der Waals surface area (Å²) in [6, 6.07) is 16.3. The number of aromatic nitrogens is 2. The third kappa shape index (κ3) is 4.68. The smallest absolute Gasteiger partial charge is 0.274 e. The lowest BCUT2D eigenvalue weighted by atomic mass is 10.2. The van der Waals surface area contributed by atoms with Crippen LogP contribution in [0.4, 0.5) is 11.5 Å². The Balaban J connectivity index is 1.69. The molecule has 1 heterocycles. The van der Waals surface area contributed by atoms with Gasteiger partial charge in [0.15, 0.2) is 0 Å². The summed E-state index contributed by atoms with van der Waals surface area (Å²) < 4.78 is 0. The molecule has 0 saturated heterocycles. The van der Waals surface area contributed by atoms with E-state index in [9.17, 15) is 4.79 Å². The van der Waals surface area contributed by atoms with E-state index < -0.39 is 0 Å². The van der Waals surface area contributed by atoms with Crippen LogP contribution in [0.1, 0.15) is 16.1 Å². The van der Waals surface area contributed by atoms with E-state index in [-0.39, 0.29) is 11.6 Å². The number of carbonyl (C=O) groups is 1. The Morgan fingerprint density at radius 1 is 1.00 bits per heavy atom. The van der Waals surface area contributed by atoms with Gasteiger partial charge in [0.25, 0.3) is 5.91 Å². The van der Waals surface area contributed by atoms with Gasteiger partial charge in [-0.2, -0.15) is 0 Å². The number of benzene rings is 2. The molecule has 7 heteroatoms. The SMILES string of the molecule is O=C(Nc1ccc(Cl)cc1Cl)c1cc(NCc2ccccc2)ncn1. The zero-order valence-corrected chi connectivity index (χ0v) is 14.6. The zero-order valence-electron chi connectivity index (χ0n) is 13.0. The van der Waals surface area contributed by atoms with Gasteiger partial charge in [0.05, 0.1) is 10.7 Å². The number of rotatable bonds is 5. The van der Waals surface area contributed by atoms with E-state index in [0.29, 0.717) is 28.1 Å². The van der Waals surface area contributed by atoms with Gasteiger partial charge >= 0.3 is 0 Å². The van der Waals surface area contributed by atoms with Gasteiger partial charge in [0.1, 0.15) is 17.8 Å². The Labute approximate surface area is 155 Å². The molecule has 126 valence electrons. The second-order valence-electron chi connectivity index (χ2n) is 5.21. The van der Waals surface area contributed by atoms with Gasteiger partial charge in [0.2, 0.25) is 0 Å². The highest BCUT2D eigenvalue weighted by atomic mass is 35.5. The van der Waals surface area contributed by atoms with Crippen LogP contribution in [0.5, 0.6) is 0 Å². The number of nitrogens with one attached hydrogen (secondary N) is 2. The molecule has 1 amide bonds. The summed E-state index contributed by atoms with van der Waals surface area (Å²) in [4.78, 5) is 20.5. The van der Waals surface area contributed by atoms with Gasteiger partial charge < -0.3 is 10.6 Å². The van der Waals surface area contributed by atoms with Crippen LogP contribution in [0.2, 0.25) is 10.0 Å². The van der Waals surface area contributed by atoms with E-state index in [1.165, 1.54) is 6.33 Å². The molecule has 0 spiro atoms. The van der Waals surface area contributed by atoms with Crippen LogP contribution >= 0.6 is 23.2 Å². The maximum Gasteiger partial charge on any atom is 0.274 e. The Bertz CT molecular complexity index is 887. The summed E-state index contributed by atoms with van der Waals surface area (Å²) in [6.45, 7) is 0.599. The lowest BCUT2D eigenvalue weighted by Crippen LogP contribution is -2.15. The maximum absolute atomic E-state index is 12.4. The molecule has 3 aromatic rings. The van der Waals surface area contributed by atoms with E-state index >= 15 is 0 Å². The molecule has 0 radical (unpaired) electrons. The van der Waals surface area contributed by atoms with Crippen molar-refractivity contribution in [1.29, 1.82) is 0 Å². The highest BCUT2D eigenvalue weighted by Gasteiger charge is 2.11. The van der Waals surface area contributed by atoms with Crippen molar-refractivity contribution in [3.05, 3.63) is 82.2 Å². The second kappa shape index (κ2) is 7.96. The first-order chi connectivity index (χ1) is 12.1. The number of hydrogen-bond donors (Lipinski definition) is 2. The summed E-state index contributed by atoms with van der Waals surface area (Å²) in [7, 11) is 0. The van der Waals surface area contributed by atoms with E-state index in [4.69, 9.17) is 23.2 Å². The molecule has 25 heavy (non-hydrogen) atoms. The van der Waals surface area contributed by atoms with Crippen LogP contribution in [-0.4, -0.2) is 15.9 Å². The van der Waals surface area contributed by atoms with Gasteiger partial charge in [-0.1, -0.05) is 53.5 Å². The van der Waals surface area contributed by atoms with Gasteiger partial charge in [0, 0.05) is 17.6 Å². The first-order valence-electron chi connectivity index (χ1n) is 7.48. The molecule has 0 saturated carbocycles. The van der Waals surface area contributed by atoms with Gasteiger partial charge in [-0.15, -0.1) is 0 Å². The van der Waals surface area contributed by atoms with Crippen molar-refractivity contribution in [3.8, 4) is 0 Å². The molecule has 0 aliphatic rings. The largest absolute Gasteiger partial charge is 0.366 e. The van der Waals surface area contributed by atoms with Crippen molar-refractivity contribution >= 4 is 40.6 Å². The van der Waals surface area contributed by atoms with E-state index in [1.54, 1.807) is 24.3 Å². The fraction of sp³-hybridized carbons (Fsp3) is 0.0556. The fourth-order valence-corrected chi connectivity index (χ4v) is 2.60. The molecule has 1 aromatic heterocycles. The normalized spacial score (nSPS) is 10.3. The molecular formula is C18H14Cl2N4O. The summed E-state index contributed by atoms with van der Waals surface area (Å²) in [6.07, 6.45) is 1.34. The number of carbonyl (C=O) groups excluding carboxylic acids is 1. The Morgan fingerprint density at radius 2 is 1.80 bits per heavy atom. The summed E-state index contributed by atoms with van der Waals surface area (Å²) in [5.41, 5.74) is 1.81. The number of anilines is 2. The first-order valence-corrected chi connectivity index (χ1v) is 8.23. The highest BCUT2D eigenvalue weighted by molar-refractivity contribution is 6.36. The summed E-state index contributed by atoms with van der Waals surface area (Å²) >= 11 is 11.9. The monoisotopic (exact) mass is 372 g/mol. The number of hydrogen-bond acceptors (Lipinski definition) is 4. The van der Waals surface area contributed by atoms with Crippen molar-refractivity contribution in [2.24, 2.45) is 0 Å². The van der Waals surface area contributed by atoms with E-state index in [0.717, 1.165) is 5.56 Å². The summed E-state index contributed by atoms with van der Waals surface area (Å²) in [5.74, 6) is 0.181. The third-order valence-corrected chi connectivity index (χ3v) is 3.94. The van der Waals surface area contributed by atoms with Crippen LogP contribution < -0.4 is 10.6 Å². The minimum absolute atomic E-state index is 0.233. The van der Waals surface area contributed by atoms with Crippen LogP contribution in [-0.2, 0) is 6.54 Å². The van der Waals surface area contributed by atoms with Crippen molar-refractivity contribution in [2.75, 3.05) is 10.6 Å². The Hall–Kier alpha value is -2.63. The Morgan fingerprint density at radius 3 is 2.56 bits per heavy atom. The molecule has 0 fully saturated rings. The van der Waals surface area contributed by atoms with Crippen LogP contribution in [0.3, 0.4) is 0 Å². The number of halogens is 2. The fourth-order valence-electron chi connectivity index (χ4n) is 2.14. The van der Waals surface area contributed by atoms with Crippen molar-refractivity contribution < 1.29 is 4.79 Å². The minimum atomic E-state index is -0.380. The molecule has 0 unspecified atom stereocenters. The molecule has 2 N–H and O–H groups in total. The molecule has 3 rings (SSSR count). The summed E-state index contributed by atoms with van der Waals surface area (Å²) in [5, 5.41) is 6.73. The predicted octanol–water partition coefficient (Wildman–Crippen LogP) is 4.65. The van der Waals surface area contributed by atoms with Crippen LogP contribution in [0.15, 0.2) is 60.9 Å². The second-order valence-corrected chi connectivity index (χ2v) is 6.05. The van der Waals surface area contributed by atoms with Crippen LogP contribution in [0.25, 0.3) is 0 Å². The zero-order chi connectivity index (χ0) is 17.6. The molecule has 2 aromatic carbocycles. The standard InChI is InChI=1S/C18H14Cl2N4O/c19-13-6-7-15(14(20)8-13)24-18(25)16-9-17(23-11-22-16)21-10-12-4-2-1-3-5-12/h1-9,11H,10H2,(H,24,25)(H,21,22,23). The van der Waals surface area contributed by atoms with Crippen molar-refractivity contribution in [3.63, 3.8) is 0 Å². The average Bonchev–Trinajstić information content (AvgIpc) is 2.63. The number of nitrogens with zero attached hydrogens (tertiary/aromatic N) is 2. The first kappa shape index (κ1) is 17.2. The van der Waals surface area contributed by atoms with E-state index in [2.05, 4.69) is 20.6 Å². The van der Waals surface area contributed by atoms with Gasteiger partial charge in [-0.25, -0.2) is 9.97 Å². The van der Waals surface area contributed by atoms with Crippen molar-refractivity contribution in [1.82, 2.24) is 9.97 Å². The van der Waals surface area contributed by atoms with Crippen LogP contribution in [0, 0.1) is 0 Å². The molecule has 5 nitrogen and oxygen atoms in total. The molecular weight excluding hydrogens is 359 g/mol. The Kier molecular flexibility index (Phi) is 5.48. The molecule has 0 aliphatic heterocycles. The maximum atomic E-state index is 12.4. The topological polar surface area (TPSA) is 66.9 Å². The lowest BCUT2D eigenvalue weighted by molar-refractivity contribution is 0.102. The molecule has 0 bridgehead atoms.